The standard InChI is InChI=1S/C30H36FN3O5S/c1-6-39-27-15-17-28(18-16-27)40(37,38)34(26-13-7-22(4)8-14-26)20-29(35)33(23(5)30(36)32-21(2)3)19-24-9-11-25(31)12-10-24/h7-18,21,23H,6,19-20H2,1-5H3,(H,32,36)/t23-/m0/s1. The molecule has 0 saturated carbocycles. The van der Waals surface area contributed by atoms with Crippen LogP contribution >= 0.6 is 0 Å². The average molecular weight is 570 g/mol. The molecule has 0 radical (unpaired) electrons. The van der Waals surface area contributed by atoms with Crippen molar-refractivity contribution < 1.29 is 27.1 Å². The third-order valence-electron chi connectivity index (χ3n) is 6.19. The van der Waals surface area contributed by atoms with Crippen LogP contribution in [-0.2, 0) is 26.2 Å². The number of nitrogens with one attached hydrogen (secondary N) is 1. The lowest BCUT2D eigenvalue weighted by Gasteiger charge is -2.32. The predicted octanol–water partition coefficient (Wildman–Crippen LogP) is 4.67. The highest BCUT2D eigenvalue weighted by atomic mass is 32.2. The third kappa shape index (κ3) is 7.81. The van der Waals surface area contributed by atoms with Crippen molar-refractivity contribution in [3.8, 4) is 5.75 Å². The molecule has 2 amide bonds. The fourth-order valence-corrected chi connectivity index (χ4v) is 5.43. The van der Waals surface area contributed by atoms with Crippen LogP contribution in [-0.4, -0.2) is 50.4 Å². The van der Waals surface area contributed by atoms with Gasteiger partial charge in [0.25, 0.3) is 10.0 Å². The zero-order valence-corrected chi connectivity index (χ0v) is 24.2. The first-order chi connectivity index (χ1) is 18.9. The lowest BCUT2D eigenvalue weighted by molar-refractivity contribution is -0.139. The molecular weight excluding hydrogens is 533 g/mol. The smallest absolute Gasteiger partial charge is 0.264 e. The van der Waals surface area contributed by atoms with Crippen LogP contribution in [0.2, 0.25) is 0 Å². The maximum Gasteiger partial charge on any atom is 0.264 e. The summed E-state index contributed by atoms with van der Waals surface area (Å²) >= 11 is 0. The zero-order valence-electron chi connectivity index (χ0n) is 23.4. The van der Waals surface area contributed by atoms with Gasteiger partial charge in [-0.3, -0.25) is 13.9 Å². The van der Waals surface area contributed by atoms with Crippen molar-refractivity contribution >= 4 is 27.5 Å². The Kier molecular flexibility index (Phi) is 10.3. The molecule has 0 aliphatic carbocycles. The molecule has 0 heterocycles. The van der Waals surface area contributed by atoms with Gasteiger partial charge in [-0.15, -0.1) is 0 Å². The van der Waals surface area contributed by atoms with E-state index in [1.54, 1.807) is 57.2 Å². The van der Waals surface area contributed by atoms with Crippen molar-refractivity contribution in [2.24, 2.45) is 0 Å². The maximum absolute atomic E-state index is 13.9. The topological polar surface area (TPSA) is 96.0 Å². The first-order valence-electron chi connectivity index (χ1n) is 13.1. The molecule has 0 aromatic heterocycles. The molecule has 1 atom stereocenters. The summed E-state index contributed by atoms with van der Waals surface area (Å²) in [5.74, 6) is -0.887. The van der Waals surface area contributed by atoms with E-state index in [0.717, 1.165) is 9.87 Å². The van der Waals surface area contributed by atoms with Crippen molar-refractivity contribution in [3.05, 3.63) is 89.7 Å². The number of carbonyl (C=O) groups is 2. The van der Waals surface area contributed by atoms with Crippen molar-refractivity contribution in [2.75, 3.05) is 17.5 Å². The second-order valence-electron chi connectivity index (χ2n) is 9.74. The quantitative estimate of drug-likeness (QED) is 0.342. The molecule has 0 saturated heterocycles. The summed E-state index contributed by atoms with van der Waals surface area (Å²) in [6.45, 7) is 8.75. The normalized spacial score (nSPS) is 12.1. The number of rotatable bonds is 12. The van der Waals surface area contributed by atoms with Gasteiger partial charge in [-0.05, 0) is 88.7 Å². The Morgan fingerprint density at radius 1 is 0.925 bits per heavy atom. The fraction of sp³-hybridized carbons (Fsp3) is 0.333. The van der Waals surface area contributed by atoms with Crippen molar-refractivity contribution in [2.45, 2.75) is 58.1 Å². The van der Waals surface area contributed by atoms with Gasteiger partial charge in [0.15, 0.2) is 0 Å². The van der Waals surface area contributed by atoms with E-state index in [0.29, 0.717) is 23.6 Å². The molecule has 8 nitrogen and oxygen atoms in total. The number of amides is 2. The molecule has 0 unspecified atom stereocenters. The van der Waals surface area contributed by atoms with E-state index in [1.165, 1.54) is 41.3 Å². The molecule has 0 spiro atoms. The second kappa shape index (κ2) is 13.4. The van der Waals surface area contributed by atoms with Crippen LogP contribution in [0.15, 0.2) is 77.7 Å². The second-order valence-corrected chi connectivity index (χ2v) is 11.6. The van der Waals surface area contributed by atoms with Gasteiger partial charge in [-0.25, -0.2) is 12.8 Å². The number of aryl methyl sites for hydroxylation is 1. The Morgan fingerprint density at radius 3 is 2.08 bits per heavy atom. The molecule has 3 rings (SSSR count). The Labute approximate surface area is 235 Å². The fourth-order valence-electron chi connectivity index (χ4n) is 4.02. The van der Waals surface area contributed by atoms with E-state index >= 15 is 0 Å². The van der Waals surface area contributed by atoms with Crippen LogP contribution in [0.1, 0.15) is 38.8 Å². The Balaban J connectivity index is 2.01. The lowest BCUT2D eigenvalue weighted by Crippen LogP contribution is -2.52. The van der Waals surface area contributed by atoms with Crippen molar-refractivity contribution in [1.29, 1.82) is 0 Å². The highest BCUT2D eigenvalue weighted by molar-refractivity contribution is 7.92. The SMILES string of the molecule is CCOc1ccc(S(=O)(=O)N(CC(=O)N(Cc2ccc(F)cc2)[C@@H](C)C(=O)NC(C)C)c2ccc(C)cc2)cc1. The van der Waals surface area contributed by atoms with Crippen LogP contribution < -0.4 is 14.4 Å². The van der Waals surface area contributed by atoms with Crippen LogP contribution in [0.25, 0.3) is 0 Å². The van der Waals surface area contributed by atoms with E-state index < -0.39 is 34.3 Å². The third-order valence-corrected chi connectivity index (χ3v) is 7.98. The first-order valence-corrected chi connectivity index (χ1v) is 14.5. The van der Waals surface area contributed by atoms with E-state index in [1.807, 2.05) is 13.8 Å². The molecule has 214 valence electrons. The Hall–Kier alpha value is -3.92. The molecule has 1 N–H and O–H groups in total. The average Bonchev–Trinajstić information content (AvgIpc) is 2.91. The van der Waals surface area contributed by atoms with Gasteiger partial charge in [-0.2, -0.15) is 0 Å². The number of hydrogen-bond donors (Lipinski definition) is 1. The number of anilines is 1. The minimum Gasteiger partial charge on any atom is -0.494 e. The first kappa shape index (κ1) is 30.6. The molecule has 3 aromatic rings. The van der Waals surface area contributed by atoms with E-state index in [9.17, 15) is 22.4 Å². The number of halogens is 1. The largest absolute Gasteiger partial charge is 0.494 e. The van der Waals surface area contributed by atoms with Gasteiger partial charge >= 0.3 is 0 Å². The lowest BCUT2D eigenvalue weighted by atomic mass is 10.1. The van der Waals surface area contributed by atoms with E-state index in [2.05, 4.69) is 5.32 Å². The summed E-state index contributed by atoms with van der Waals surface area (Å²) < 4.78 is 47.8. The summed E-state index contributed by atoms with van der Waals surface area (Å²) in [6.07, 6.45) is 0. The maximum atomic E-state index is 13.9. The number of benzene rings is 3. The molecule has 10 heteroatoms. The van der Waals surface area contributed by atoms with Gasteiger partial charge in [0.1, 0.15) is 24.2 Å². The minimum absolute atomic E-state index is 0.0139. The summed E-state index contributed by atoms with van der Waals surface area (Å²) in [4.78, 5) is 28.1. The van der Waals surface area contributed by atoms with E-state index in [4.69, 9.17) is 4.74 Å². The van der Waals surface area contributed by atoms with E-state index in [-0.39, 0.29) is 23.4 Å². The molecule has 0 fully saturated rings. The molecular formula is C30H36FN3O5S. The number of hydrogen-bond acceptors (Lipinski definition) is 5. The number of carbonyl (C=O) groups excluding carboxylic acids is 2. The predicted molar refractivity (Wildman–Crippen MR) is 153 cm³/mol. The summed E-state index contributed by atoms with van der Waals surface area (Å²) in [5.41, 5.74) is 1.81. The van der Waals surface area contributed by atoms with Gasteiger partial charge < -0.3 is 15.0 Å². The monoisotopic (exact) mass is 569 g/mol. The summed E-state index contributed by atoms with van der Waals surface area (Å²) in [7, 11) is -4.19. The summed E-state index contributed by atoms with van der Waals surface area (Å²) in [6, 6.07) is 17.3. The van der Waals surface area contributed by atoms with Crippen molar-refractivity contribution in [1.82, 2.24) is 10.2 Å². The van der Waals surface area contributed by atoms with Crippen molar-refractivity contribution in [3.63, 3.8) is 0 Å². The van der Waals surface area contributed by atoms with Crippen LogP contribution in [0.5, 0.6) is 5.75 Å². The van der Waals surface area contributed by atoms with Gasteiger partial charge in [0.2, 0.25) is 11.8 Å². The highest BCUT2D eigenvalue weighted by Gasteiger charge is 2.32. The van der Waals surface area contributed by atoms with Gasteiger partial charge in [0.05, 0.1) is 17.2 Å². The summed E-state index contributed by atoms with van der Waals surface area (Å²) in [5, 5.41) is 2.80. The van der Waals surface area contributed by atoms with Crippen LogP contribution in [0.4, 0.5) is 10.1 Å². The molecule has 40 heavy (non-hydrogen) atoms. The Bertz CT molecular complexity index is 1390. The number of sulfonamides is 1. The highest BCUT2D eigenvalue weighted by Crippen LogP contribution is 2.26. The molecule has 0 bridgehead atoms. The van der Waals surface area contributed by atoms with Gasteiger partial charge in [-0.1, -0.05) is 29.8 Å². The number of nitrogens with zero attached hydrogens (tertiary/aromatic N) is 2. The van der Waals surface area contributed by atoms with Crippen LogP contribution in [0.3, 0.4) is 0 Å². The van der Waals surface area contributed by atoms with Crippen LogP contribution in [0, 0.1) is 12.7 Å². The minimum atomic E-state index is -4.19. The zero-order chi connectivity index (χ0) is 29.4. The molecule has 0 aliphatic rings. The molecule has 3 aromatic carbocycles. The molecule has 0 aliphatic heterocycles. The number of ether oxygens (including phenoxy) is 1. The van der Waals surface area contributed by atoms with Gasteiger partial charge in [0, 0.05) is 12.6 Å². The Morgan fingerprint density at radius 2 is 1.52 bits per heavy atom.